The third-order valence-electron chi connectivity index (χ3n) is 0.906. The van der Waals surface area contributed by atoms with Crippen molar-refractivity contribution in [2.45, 2.75) is 27.7 Å². The Labute approximate surface area is 68.5 Å². The van der Waals surface area contributed by atoms with Gasteiger partial charge in [0.15, 0.2) is 0 Å². The van der Waals surface area contributed by atoms with E-state index in [2.05, 4.69) is 27.7 Å². The molecule has 0 spiro atoms. The summed E-state index contributed by atoms with van der Waals surface area (Å²) >= 11 is 1.83. The van der Waals surface area contributed by atoms with Crippen LogP contribution in [0.15, 0.2) is 0 Å². The van der Waals surface area contributed by atoms with E-state index in [4.69, 9.17) is 4.74 Å². The van der Waals surface area contributed by atoms with Crippen molar-refractivity contribution in [3.63, 3.8) is 0 Å². The van der Waals surface area contributed by atoms with Crippen LogP contribution in [-0.4, -0.2) is 18.3 Å². The largest absolute Gasteiger partial charge is 0.370 e. The van der Waals surface area contributed by atoms with Gasteiger partial charge in [0.05, 0.1) is 12.5 Å². The van der Waals surface area contributed by atoms with E-state index in [1.54, 1.807) is 0 Å². The second-order valence-corrected chi connectivity index (χ2v) is 4.74. The average Bonchev–Trinajstić information content (AvgIpc) is 1.78. The van der Waals surface area contributed by atoms with E-state index in [-0.39, 0.29) is 0 Å². The minimum Gasteiger partial charge on any atom is -0.370 e. The lowest BCUT2D eigenvalue weighted by atomic mass is 9.99. The Morgan fingerprint density at radius 1 is 1.30 bits per heavy atom. The van der Waals surface area contributed by atoms with Gasteiger partial charge in [-0.25, -0.2) is 0 Å². The lowest BCUT2D eigenvalue weighted by molar-refractivity contribution is 0.105. The molecule has 0 aromatic heterocycles. The predicted octanol–water partition coefficient (Wildman–Crippen LogP) is 2.76. The highest BCUT2D eigenvalue weighted by Gasteiger charge is 2.08. The fourth-order valence-corrected chi connectivity index (χ4v) is 0.858. The molecule has 2 heteroatoms. The molecule has 1 nitrogen and oxygen atoms in total. The van der Waals surface area contributed by atoms with E-state index in [9.17, 15) is 0 Å². The number of ether oxygens (including phenoxy) is 1. The van der Waals surface area contributed by atoms with Gasteiger partial charge in [0.25, 0.3) is 0 Å². The first-order chi connectivity index (χ1) is 4.56. The highest BCUT2D eigenvalue weighted by Crippen LogP contribution is 2.13. The summed E-state index contributed by atoms with van der Waals surface area (Å²) in [5.74, 6) is 1.98. The Kier molecular flexibility index (Phi) is 5.18. The summed E-state index contributed by atoms with van der Waals surface area (Å²) in [7, 11) is 0. The number of hydrogen-bond acceptors (Lipinski definition) is 2. The van der Waals surface area contributed by atoms with E-state index in [0.717, 1.165) is 18.3 Å². The molecular weight excluding hydrogens is 144 g/mol. The molecule has 0 N–H and O–H groups in total. The molecule has 0 atom stereocenters. The lowest BCUT2D eigenvalue weighted by Crippen LogP contribution is -2.14. The van der Waals surface area contributed by atoms with Crippen molar-refractivity contribution < 1.29 is 4.74 Å². The molecule has 0 amide bonds. The maximum Gasteiger partial charge on any atom is 0.0921 e. The zero-order chi connectivity index (χ0) is 8.04. The Bertz CT molecular complexity index is 75.8. The first kappa shape index (κ1) is 10.3. The number of hydrogen-bond donors (Lipinski definition) is 0. The molecule has 0 rings (SSSR count). The first-order valence-corrected chi connectivity index (χ1v) is 4.87. The average molecular weight is 162 g/mol. The van der Waals surface area contributed by atoms with Crippen molar-refractivity contribution in [1.29, 1.82) is 0 Å². The molecule has 10 heavy (non-hydrogen) atoms. The van der Waals surface area contributed by atoms with Crippen LogP contribution in [0.1, 0.15) is 27.7 Å². The van der Waals surface area contributed by atoms with Crippen LogP contribution in [0, 0.1) is 5.41 Å². The summed E-state index contributed by atoms with van der Waals surface area (Å²) in [6.45, 7) is 9.56. The molecule has 0 saturated heterocycles. The van der Waals surface area contributed by atoms with Crippen molar-refractivity contribution in [3.05, 3.63) is 0 Å². The van der Waals surface area contributed by atoms with Gasteiger partial charge in [-0.3, -0.25) is 0 Å². The van der Waals surface area contributed by atoms with Crippen LogP contribution in [0.3, 0.4) is 0 Å². The second kappa shape index (κ2) is 5.03. The van der Waals surface area contributed by atoms with Crippen molar-refractivity contribution >= 4 is 11.8 Å². The molecule has 0 aromatic carbocycles. The lowest BCUT2D eigenvalue weighted by Gasteiger charge is -2.17. The molecule has 0 fully saturated rings. The van der Waals surface area contributed by atoms with Gasteiger partial charge in [0, 0.05) is 0 Å². The van der Waals surface area contributed by atoms with Crippen molar-refractivity contribution in [2.75, 3.05) is 18.3 Å². The van der Waals surface area contributed by atoms with Gasteiger partial charge in [-0.2, -0.15) is 0 Å². The summed E-state index contributed by atoms with van der Waals surface area (Å²) in [6.07, 6.45) is 0. The Morgan fingerprint density at radius 3 is 2.30 bits per heavy atom. The molecule has 0 bridgehead atoms. The van der Waals surface area contributed by atoms with Crippen LogP contribution in [0.25, 0.3) is 0 Å². The fraction of sp³-hybridized carbons (Fsp3) is 1.00. The summed E-state index contributed by atoms with van der Waals surface area (Å²) in [5, 5.41) is 0. The maximum atomic E-state index is 5.40. The summed E-state index contributed by atoms with van der Waals surface area (Å²) in [6, 6.07) is 0. The Morgan fingerprint density at radius 2 is 1.90 bits per heavy atom. The minimum atomic E-state index is 0.314. The van der Waals surface area contributed by atoms with Crippen LogP contribution in [0.2, 0.25) is 0 Å². The number of thioether (sulfide) groups is 1. The van der Waals surface area contributed by atoms with Crippen LogP contribution >= 0.6 is 11.8 Å². The molecule has 0 aliphatic rings. The topological polar surface area (TPSA) is 9.23 Å². The summed E-state index contributed by atoms with van der Waals surface area (Å²) in [4.78, 5) is 0. The van der Waals surface area contributed by atoms with E-state index in [0.29, 0.717) is 5.41 Å². The molecule has 0 radical (unpaired) electrons. The van der Waals surface area contributed by atoms with E-state index < -0.39 is 0 Å². The van der Waals surface area contributed by atoms with Crippen LogP contribution in [0.4, 0.5) is 0 Å². The van der Waals surface area contributed by atoms with Crippen LogP contribution in [0.5, 0.6) is 0 Å². The summed E-state index contributed by atoms with van der Waals surface area (Å²) in [5.41, 5.74) is 0.314. The Hall–Kier alpha value is 0.310. The van der Waals surface area contributed by atoms with E-state index in [1.807, 2.05) is 11.8 Å². The molecule has 0 aliphatic heterocycles. The van der Waals surface area contributed by atoms with Gasteiger partial charge >= 0.3 is 0 Å². The van der Waals surface area contributed by atoms with Gasteiger partial charge in [0.1, 0.15) is 0 Å². The quantitative estimate of drug-likeness (QED) is 0.464. The molecule has 0 aromatic rings. The molecule has 0 saturated carbocycles. The van der Waals surface area contributed by atoms with Gasteiger partial charge in [0.2, 0.25) is 0 Å². The van der Waals surface area contributed by atoms with Crippen molar-refractivity contribution in [3.8, 4) is 0 Å². The molecule has 0 unspecified atom stereocenters. The van der Waals surface area contributed by atoms with Crippen molar-refractivity contribution in [2.24, 2.45) is 5.41 Å². The monoisotopic (exact) mass is 162 g/mol. The van der Waals surface area contributed by atoms with Gasteiger partial charge < -0.3 is 4.74 Å². The highest BCUT2D eigenvalue weighted by molar-refractivity contribution is 7.99. The standard InChI is InChI=1S/C8H18OS/c1-5-10-7-9-6-8(2,3)4/h5-7H2,1-4H3. The third kappa shape index (κ3) is 8.31. The normalized spacial score (nSPS) is 12.0. The van der Waals surface area contributed by atoms with Crippen molar-refractivity contribution in [1.82, 2.24) is 0 Å². The zero-order valence-corrected chi connectivity index (χ0v) is 8.25. The number of rotatable bonds is 4. The highest BCUT2D eigenvalue weighted by atomic mass is 32.2. The second-order valence-electron chi connectivity index (χ2n) is 3.52. The van der Waals surface area contributed by atoms with E-state index in [1.165, 1.54) is 0 Å². The smallest absolute Gasteiger partial charge is 0.0921 e. The molecule has 0 aliphatic carbocycles. The minimum absolute atomic E-state index is 0.314. The van der Waals surface area contributed by atoms with Gasteiger partial charge in [-0.15, -0.1) is 11.8 Å². The summed E-state index contributed by atoms with van der Waals surface area (Å²) < 4.78 is 5.40. The third-order valence-corrected chi connectivity index (χ3v) is 1.65. The molecule has 0 heterocycles. The molecular formula is C8H18OS. The van der Waals surface area contributed by atoms with Gasteiger partial charge in [-0.05, 0) is 11.2 Å². The van der Waals surface area contributed by atoms with Gasteiger partial charge in [-0.1, -0.05) is 27.7 Å². The fourth-order valence-electron chi connectivity index (χ4n) is 0.490. The maximum absolute atomic E-state index is 5.40. The van der Waals surface area contributed by atoms with E-state index >= 15 is 0 Å². The predicted molar refractivity (Wildman–Crippen MR) is 48.4 cm³/mol. The SMILES string of the molecule is CCSCOCC(C)(C)C. The zero-order valence-electron chi connectivity index (χ0n) is 7.44. The molecule has 62 valence electrons. The van der Waals surface area contributed by atoms with Crippen LogP contribution < -0.4 is 0 Å². The first-order valence-electron chi connectivity index (χ1n) is 3.72. The Balaban J connectivity index is 3.04. The van der Waals surface area contributed by atoms with Crippen LogP contribution in [-0.2, 0) is 4.74 Å².